The zero-order valence-electron chi connectivity index (χ0n) is 20.0. The highest BCUT2D eigenvalue weighted by atomic mass is 28.3. The summed E-state index contributed by atoms with van der Waals surface area (Å²) in [6.07, 6.45) is -0.385. The van der Waals surface area contributed by atoms with Crippen LogP contribution in [0.15, 0.2) is 53.6 Å². The number of imidazole rings is 1. The lowest BCUT2D eigenvalue weighted by atomic mass is 10.1. The van der Waals surface area contributed by atoms with Gasteiger partial charge in [0.15, 0.2) is 0 Å². The van der Waals surface area contributed by atoms with Gasteiger partial charge in [0.1, 0.15) is 12.6 Å². The SMILES string of the molecule is C[Si](C)(C)CCOCn1c(CN(Cc2ccccc2)C(=O)O)nc2ccc(CCN=[N+]=[N-])cc21. The van der Waals surface area contributed by atoms with E-state index in [1.807, 2.05) is 53.1 Å². The van der Waals surface area contributed by atoms with Crippen LogP contribution in [0.5, 0.6) is 0 Å². The van der Waals surface area contributed by atoms with Gasteiger partial charge in [-0.25, -0.2) is 9.78 Å². The minimum Gasteiger partial charge on any atom is -0.465 e. The molecule has 1 amide bonds. The second kappa shape index (κ2) is 11.7. The van der Waals surface area contributed by atoms with Crippen LogP contribution in [0, 0.1) is 0 Å². The maximum absolute atomic E-state index is 12.0. The van der Waals surface area contributed by atoms with E-state index in [2.05, 4.69) is 29.7 Å². The molecule has 0 aliphatic rings. The fraction of sp³-hybridized carbons (Fsp3) is 0.417. The van der Waals surface area contributed by atoms with E-state index in [0.717, 1.165) is 28.2 Å². The summed E-state index contributed by atoms with van der Waals surface area (Å²) in [4.78, 5) is 21.0. The Balaban J connectivity index is 1.88. The number of amides is 1. The van der Waals surface area contributed by atoms with E-state index < -0.39 is 14.2 Å². The number of benzene rings is 2. The average Bonchev–Trinajstić information content (AvgIpc) is 3.13. The summed E-state index contributed by atoms with van der Waals surface area (Å²) in [6, 6.07) is 16.5. The number of azide groups is 1. The van der Waals surface area contributed by atoms with E-state index in [1.54, 1.807) is 0 Å². The summed E-state index contributed by atoms with van der Waals surface area (Å²) in [5.74, 6) is 0.633. The summed E-state index contributed by atoms with van der Waals surface area (Å²) in [7, 11) is -1.23. The minimum atomic E-state index is -1.23. The first-order chi connectivity index (χ1) is 16.3. The van der Waals surface area contributed by atoms with E-state index in [0.29, 0.717) is 32.1 Å². The Morgan fingerprint density at radius 2 is 1.94 bits per heavy atom. The van der Waals surface area contributed by atoms with Gasteiger partial charge in [-0.05, 0) is 41.3 Å². The van der Waals surface area contributed by atoms with Crippen molar-refractivity contribution in [2.75, 3.05) is 13.2 Å². The van der Waals surface area contributed by atoms with Gasteiger partial charge in [-0.3, -0.25) is 4.90 Å². The van der Waals surface area contributed by atoms with Crippen molar-refractivity contribution >= 4 is 25.2 Å². The molecule has 9 nitrogen and oxygen atoms in total. The predicted octanol–water partition coefficient (Wildman–Crippen LogP) is 5.88. The number of rotatable bonds is 12. The molecule has 10 heteroatoms. The first-order valence-corrected chi connectivity index (χ1v) is 15.1. The first-order valence-electron chi connectivity index (χ1n) is 11.4. The van der Waals surface area contributed by atoms with Crippen molar-refractivity contribution in [1.29, 1.82) is 0 Å². The third kappa shape index (κ3) is 7.34. The predicted molar refractivity (Wildman–Crippen MR) is 135 cm³/mol. The van der Waals surface area contributed by atoms with Gasteiger partial charge in [-0.2, -0.15) is 0 Å². The Bertz CT molecular complexity index is 1150. The normalized spacial score (nSPS) is 11.4. The molecule has 34 heavy (non-hydrogen) atoms. The van der Waals surface area contributed by atoms with Crippen LogP contribution in [0.25, 0.3) is 21.5 Å². The summed E-state index contributed by atoms with van der Waals surface area (Å²) in [5.41, 5.74) is 12.2. The van der Waals surface area contributed by atoms with E-state index in [4.69, 9.17) is 15.3 Å². The van der Waals surface area contributed by atoms with Crippen LogP contribution < -0.4 is 0 Å². The number of hydrogen-bond donors (Lipinski definition) is 1. The summed E-state index contributed by atoms with van der Waals surface area (Å²) >= 11 is 0. The zero-order chi connectivity index (χ0) is 24.6. The van der Waals surface area contributed by atoms with Crippen LogP contribution in [-0.2, 0) is 31.0 Å². The second-order valence-corrected chi connectivity index (χ2v) is 15.1. The van der Waals surface area contributed by atoms with Gasteiger partial charge in [0.25, 0.3) is 0 Å². The van der Waals surface area contributed by atoms with Crippen LogP contribution in [0.1, 0.15) is 17.0 Å². The number of nitrogens with zero attached hydrogens (tertiary/aromatic N) is 6. The van der Waals surface area contributed by atoms with Crippen molar-refractivity contribution < 1.29 is 14.6 Å². The van der Waals surface area contributed by atoms with Crippen LogP contribution in [0.2, 0.25) is 25.7 Å². The van der Waals surface area contributed by atoms with Crippen molar-refractivity contribution in [3.8, 4) is 0 Å². The van der Waals surface area contributed by atoms with E-state index in [9.17, 15) is 9.90 Å². The smallest absolute Gasteiger partial charge is 0.408 e. The van der Waals surface area contributed by atoms with Gasteiger partial charge >= 0.3 is 6.09 Å². The summed E-state index contributed by atoms with van der Waals surface area (Å²) in [6.45, 7) is 8.65. The molecule has 3 aromatic rings. The molecule has 1 N–H and O–H groups in total. The van der Waals surface area contributed by atoms with Crippen LogP contribution >= 0.6 is 0 Å². The summed E-state index contributed by atoms with van der Waals surface area (Å²) < 4.78 is 7.98. The second-order valence-electron chi connectivity index (χ2n) is 9.46. The van der Waals surface area contributed by atoms with Crippen molar-refractivity contribution in [2.24, 2.45) is 5.11 Å². The molecule has 0 saturated carbocycles. The molecule has 3 rings (SSSR count). The Kier molecular flexibility index (Phi) is 8.70. The minimum absolute atomic E-state index is 0.143. The van der Waals surface area contributed by atoms with Gasteiger partial charge in [0.05, 0.1) is 17.6 Å². The Morgan fingerprint density at radius 3 is 2.62 bits per heavy atom. The van der Waals surface area contributed by atoms with Crippen molar-refractivity contribution in [3.63, 3.8) is 0 Å². The Labute approximate surface area is 200 Å². The standard InChI is InChI=1S/C24H32N6O3Si/c1-34(2,3)14-13-33-18-30-22-15-19(11-12-26-28-25)9-10-21(22)27-23(30)17-29(24(31)32)16-20-7-5-4-6-8-20/h4-10,15H,11-14,16-18H2,1-3H3,(H,31,32). The highest BCUT2D eigenvalue weighted by molar-refractivity contribution is 6.76. The average molecular weight is 481 g/mol. The fourth-order valence-corrected chi connectivity index (χ4v) is 4.32. The molecular formula is C24H32N6O3Si. The fourth-order valence-electron chi connectivity index (χ4n) is 3.56. The molecule has 1 heterocycles. The lowest BCUT2D eigenvalue weighted by Gasteiger charge is -2.20. The molecule has 0 saturated heterocycles. The number of ether oxygens (including phenoxy) is 1. The van der Waals surface area contributed by atoms with Gasteiger partial charge in [0, 0.05) is 32.7 Å². The number of carbonyl (C=O) groups is 1. The Morgan fingerprint density at radius 1 is 1.18 bits per heavy atom. The molecule has 0 fully saturated rings. The molecular weight excluding hydrogens is 448 g/mol. The number of carboxylic acid groups (broad SMARTS) is 1. The molecule has 0 aliphatic carbocycles. The third-order valence-corrected chi connectivity index (χ3v) is 7.20. The third-order valence-electron chi connectivity index (χ3n) is 5.49. The number of hydrogen-bond acceptors (Lipinski definition) is 4. The van der Waals surface area contributed by atoms with Gasteiger partial charge in [0.2, 0.25) is 0 Å². The monoisotopic (exact) mass is 480 g/mol. The van der Waals surface area contributed by atoms with Gasteiger partial charge in [-0.1, -0.05) is 61.2 Å². The highest BCUT2D eigenvalue weighted by Gasteiger charge is 2.19. The van der Waals surface area contributed by atoms with E-state index in [1.165, 1.54) is 4.90 Å². The molecule has 2 aromatic carbocycles. The maximum atomic E-state index is 12.0. The number of aromatic nitrogens is 2. The van der Waals surface area contributed by atoms with Crippen molar-refractivity contribution in [3.05, 3.63) is 75.9 Å². The van der Waals surface area contributed by atoms with E-state index >= 15 is 0 Å². The lowest BCUT2D eigenvalue weighted by molar-refractivity contribution is 0.0847. The molecule has 0 spiro atoms. The summed E-state index contributed by atoms with van der Waals surface area (Å²) in [5, 5.41) is 13.5. The topological polar surface area (TPSA) is 116 Å². The molecule has 0 radical (unpaired) electrons. The Hall–Kier alpha value is -3.33. The van der Waals surface area contributed by atoms with Crippen LogP contribution in [0.4, 0.5) is 4.79 Å². The van der Waals surface area contributed by atoms with Crippen LogP contribution in [-0.4, -0.2) is 46.9 Å². The largest absolute Gasteiger partial charge is 0.465 e. The highest BCUT2D eigenvalue weighted by Crippen LogP contribution is 2.21. The van der Waals surface area contributed by atoms with Crippen molar-refractivity contribution in [2.45, 2.75) is 51.9 Å². The zero-order valence-corrected chi connectivity index (χ0v) is 21.0. The van der Waals surface area contributed by atoms with Crippen molar-refractivity contribution in [1.82, 2.24) is 14.5 Å². The van der Waals surface area contributed by atoms with Gasteiger partial charge < -0.3 is 14.4 Å². The quantitative estimate of drug-likeness (QED) is 0.114. The van der Waals surface area contributed by atoms with E-state index in [-0.39, 0.29) is 13.1 Å². The van der Waals surface area contributed by atoms with Gasteiger partial charge in [-0.15, -0.1) is 0 Å². The molecule has 0 aliphatic heterocycles. The number of fused-ring (bicyclic) bond motifs is 1. The maximum Gasteiger partial charge on any atom is 0.408 e. The van der Waals surface area contributed by atoms with Crippen LogP contribution in [0.3, 0.4) is 0 Å². The molecule has 0 atom stereocenters. The molecule has 0 unspecified atom stereocenters. The molecule has 0 bridgehead atoms. The molecule has 1 aromatic heterocycles. The first kappa shape index (κ1) is 25.3. The molecule has 180 valence electrons. The lowest BCUT2D eigenvalue weighted by Crippen LogP contribution is -2.30.